The van der Waals surface area contributed by atoms with Crippen LogP contribution in [0.5, 0.6) is 11.5 Å². The Hall–Kier alpha value is -2.60. The quantitative estimate of drug-likeness (QED) is 0.853. The molecule has 27 heavy (non-hydrogen) atoms. The number of aromatic hydroxyl groups is 1. The fourth-order valence-electron chi connectivity index (χ4n) is 3.56. The smallest absolute Gasteiger partial charge is 0.255 e. The third-order valence-corrected chi connectivity index (χ3v) is 5.05. The Labute approximate surface area is 158 Å². The van der Waals surface area contributed by atoms with Crippen LogP contribution in [0.2, 0.25) is 0 Å². The van der Waals surface area contributed by atoms with Gasteiger partial charge in [0.15, 0.2) is 0 Å². The number of aromatic amines is 1. The zero-order valence-corrected chi connectivity index (χ0v) is 16.0. The second kappa shape index (κ2) is 6.53. The molecule has 2 aliphatic heterocycles. The van der Waals surface area contributed by atoms with Crippen LogP contribution >= 0.6 is 0 Å². The number of aromatic nitrogens is 2. The maximum Gasteiger partial charge on any atom is 0.255 e. The molecule has 0 saturated heterocycles. The minimum absolute atomic E-state index is 0.0289. The number of H-pyrrole nitrogens is 1. The average molecular weight is 367 g/mol. The predicted molar refractivity (Wildman–Crippen MR) is 104 cm³/mol. The Balaban J connectivity index is 1.53. The molecule has 2 aliphatic rings. The van der Waals surface area contributed by atoms with E-state index in [1.807, 2.05) is 0 Å². The summed E-state index contributed by atoms with van der Waals surface area (Å²) in [5, 5.41) is 9.67. The summed E-state index contributed by atoms with van der Waals surface area (Å²) in [7, 11) is 0. The van der Waals surface area contributed by atoms with Crippen molar-refractivity contribution in [1.82, 2.24) is 14.9 Å². The second-order valence-corrected chi connectivity index (χ2v) is 8.36. The largest absolute Gasteiger partial charge is 0.508 e. The van der Waals surface area contributed by atoms with Gasteiger partial charge in [0.25, 0.3) is 5.56 Å². The monoisotopic (exact) mass is 367 g/mol. The summed E-state index contributed by atoms with van der Waals surface area (Å²) in [5.74, 6) is 1.77. The number of rotatable bonds is 2. The molecule has 0 atom stereocenters. The Morgan fingerprint density at radius 3 is 2.93 bits per heavy atom. The zero-order valence-electron chi connectivity index (χ0n) is 16.0. The molecule has 0 radical (unpaired) electrons. The Kier molecular flexibility index (Phi) is 4.30. The van der Waals surface area contributed by atoms with Gasteiger partial charge in [-0.3, -0.25) is 9.69 Å². The van der Waals surface area contributed by atoms with Crippen molar-refractivity contribution in [2.24, 2.45) is 0 Å². The molecule has 1 aromatic carbocycles. The lowest BCUT2D eigenvalue weighted by Crippen LogP contribution is -2.38. The first-order chi connectivity index (χ1) is 12.8. The number of phenols is 1. The molecule has 0 amide bonds. The first kappa shape index (κ1) is 17.8. The van der Waals surface area contributed by atoms with Crippen LogP contribution in [-0.4, -0.2) is 39.7 Å². The minimum Gasteiger partial charge on any atom is -0.508 e. The van der Waals surface area contributed by atoms with Crippen molar-refractivity contribution in [1.29, 1.82) is 0 Å². The van der Waals surface area contributed by atoms with E-state index >= 15 is 0 Å². The lowest BCUT2D eigenvalue weighted by molar-refractivity contribution is 0.253. The average Bonchev–Trinajstić information content (AvgIpc) is 2.61. The molecule has 2 aromatic rings. The van der Waals surface area contributed by atoms with E-state index in [1.54, 1.807) is 18.2 Å². The van der Waals surface area contributed by atoms with Crippen molar-refractivity contribution in [2.45, 2.75) is 39.2 Å². The fraction of sp³-hybridized carbons (Fsp3) is 0.429. The highest BCUT2D eigenvalue weighted by Crippen LogP contribution is 2.30. The first-order valence-corrected chi connectivity index (χ1v) is 9.30. The highest BCUT2D eigenvalue weighted by molar-refractivity contribution is 5.64. The number of hydrogen-bond donors (Lipinski definition) is 2. The molecule has 1 aromatic heterocycles. The molecule has 0 unspecified atom stereocenters. The summed E-state index contributed by atoms with van der Waals surface area (Å²) in [6.45, 7) is 8.87. The third kappa shape index (κ3) is 3.62. The van der Waals surface area contributed by atoms with Crippen LogP contribution in [0, 0.1) is 0 Å². The van der Waals surface area contributed by atoms with E-state index in [1.165, 1.54) is 0 Å². The zero-order chi connectivity index (χ0) is 19.2. The summed E-state index contributed by atoms with van der Waals surface area (Å²) >= 11 is 0. The van der Waals surface area contributed by atoms with E-state index in [0.29, 0.717) is 13.2 Å². The maximum absolute atomic E-state index is 12.6. The van der Waals surface area contributed by atoms with Crippen LogP contribution < -0.4 is 10.3 Å². The van der Waals surface area contributed by atoms with Gasteiger partial charge in [0.2, 0.25) is 0 Å². The summed E-state index contributed by atoms with van der Waals surface area (Å²) in [4.78, 5) is 22.5. The van der Waals surface area contributed by atoms with Gasteiger partial charge in [0, 0.05) is 37.0 Å². The van der Waals surface area contributed by atoms with E-state index in [0.717, 1.165) is 53.5 Å². The lowest BCUT2D eigenvalue weighted by atomic mass is 9.95. The molecule has 6 heteroatoms. The first-order valence-electron chi connectivity index (χ1n) is 9.30. The van der Waals surface area contributed by atoms with E-state index in [-0.39, 0.29) is 16.7 Å². The van der Waals surface area contributed by atoms with Gasteiger partial charge >= 0.3 is 0 Å². The van der Waals surface area contributed by atoms with Crippen molar-refractivity contribution >= 4 is 6.08 Å². The maximum atomic E-state index is 12.6. The second-order valence-electron chi connectivity index (χ2n) is 8.36. The number of hydrogen-bond acceptors (Lipinski definition) is 5. The molecule has 0 bridgehead atoms. The highest BCUT2D eigenvalue weighted by atomic mass is 16.5. The molecule has 3 heterocycles. The summed E-state index contributed by atoms with van der Waals surface area (Å²) in [5.41, 5.74) is 3.51. The Morgan fingerprint density at radius 1 is 1.33 bits per heavy atom. The van der Waals surface area contributed by atoms with Crippen LogP contribution in [0.4, 0.5) is 0 Å². The van der Waals surface area contributed by atoms with Crippen LogP contribution in [0.25, 0.3) is 6.08 Å². The van der Waals surface area contributed by atoms with E-state index in [2.05, 4.69) is 36.7 Å². The molecular formula is C21H25N3O3. The number of nitrogens with zero attached hydrogens (tertiary/aromatic N) is 2. The van der Waals surface area contributed by atoms with Gasteiger partial charge in [-0.05, 0) is 29.8 Å². The molecule has 4 rings (SSSR count). The normalized spacial score (nSPS) is 16.9. The molecule has 0 fully saturated rings. The summed E-state index contributed by atoms with van der Waals surface area (Å²) < 4.78 is 5.79. The van der Waals surface area contributed by atoms with Crippen molar-refractivity contribution in [3.63, 3.8) is 0 Å². The number of benzene rings is 1. The highest BCUT2D eigenvalue weighted by Gasteiger charge is 2.25. The van der Waals surface area contributed by atoms with Crippen LogP contribution in [0.15, 0.2) is 28.6 Å². The molecular weight excluding hydrogens is 342 g/mol. The van der Waals surface area contributed by atoms with E-state index in [9.17, 15) is 9.90 Å². The molecule has 0 aliphatic carbocycles. The standard InChI is InChI=1S/C21H25N3O3/c1-21(2,3)20-22-17-6-7-24(11-16(17)19(26)23-20)10-13-8-14-9-15(25)4-5-18(14)27-12-13/h4-5,8-9,25H,6-7,10-12H2,1-3H3,(H,22,23,26). The molecule has 2 N–H and O–H groups in total. The number of ether oxygens (including phenoxy) is 1. The molecule has 0 saturated carbocycles. The van der Waals surface area contributed by atoms with E-state index in [4.69, 9.17) is 9.72 Å². The topological polar surface area (TPSA) is 78.5 Å². The number of phenolic OH excluding ortho intramolecular Hbond substituents is 1. The van der Waals surface area contributed by atoms with Crippen molar-refractivity contribution in [3.05, 3.63) is 56.8 Å². The Morgan fingerprint density at radius 2 is 2.15 bits per heavy atom. The van der Waals surface area contributed by atoms with Crippen molar-refractivity contribution in [3.8, 4) is 11.5 Å². The SMILES string of the molecule is CC(C)(C)c1nc2c(c(=O)[nH]1)CN(CC1=Cc3cc(O)ccc3OC1)CC2. The van der Waals surface area contributed by atoms with Gasteiger partial charge in [-0.1, -0.05) is 20.8 Å². The minimum atomic E-state index is -0.172. The summed E-state index contributed by atoms with van der Waals surface area (Å²) in [6, 6.07) is 5.13. The molecule has 142 valence electrons. The Bertz CT molecular complexity index is 970. The van der Waals surface area contributed by atoms with Gasteiger partial charge in [-0.2, -0.15) is 0 Å². The van der Waals surface area contributed by atoms with Gasteiger partial charge in [0.05, 0.1) is 11.3 Å². The number of nitrogens with one attached hydrogen (secondary N) is 1. The lowest BCUT2D eigenvalue weighted by Gasteiger charge is -2.30. The summed E-state index contributed by atoms with van der Waals surface area (Å²) in [6.07, 6.45) is 2.84. The van der Waals surface area contributed by atoms with Crippen LogP contribution in [0.1, 0.15) is 43.4 Å². The van der Waals surface area contributed by atoms with Crippen LogP contribution in [0.3, 0.4) is 0 Å². The predicted octanol–water partition coefficient (Wildman–Crippen LogP) is 2.61. The fourth-order valence-corrected chi connectivity index (χ4v) is 3.56. The molecule has 6 nitrogen and oxygen atoms in total. The van der Waals surface area contributed by atoms with Crippen LogP contribution in [-0.2, 0) is 18.4 Å². The van der Waals surface area contributed by atoms with Crippen molar-refractivity contribution in [2.75, 3.05) is 19.7 Å². The van der Waals surface area contributed by atoms with E-state index < -0.39 is 0 Å². The van der Waals surface area contributed by atoms with Gasteiger partial charge in [-0.15, -0.1) is 0 Å². The van der Waals surface area contributed by atoms with Gasteiger partial charge in [-0.25, -0.2) is 4.98 Å². The van der Waals surface area contributed by atoms with Gasteiger partial charge in [0.1, 0.15) is 23.9 Å². The number of fused-ring (bicyclic) bond motifs is 2. The third-order valence-electron chi connectivity index (χ3n) is 5.05. The van der Waals surface area contributed by atoms with Crippen molar-refractivity contribution < 1.29 is 9.84 Å². The molecule has 0 spiro atoms. The van der Waals surface area contributed by atoms with Gasteiger partial charge < -0.3 is 14.8 Å².